The molecule has 0 saturated carbocycles. The Kier molecular flexibility index (Phi) is 7.39. The first-order valence-electron chi connectivity index (χ1n) is 7.41. The zero-order valence-corrected chi connectivity index (χ0v) is 13.5. The zero-order valence-electron chi connectivity index (χ0n) is 13.5. The van der Waals surface area contributed by atoms with Gasteiger partial charge in [0.25, 0.3) is 0 Å². The van der Waals surface area contributed by atoms with Crippen molar-refractivity contribution in [3.63, 3.8) is 0 Å². The molecular formula is C16H35N. The Labute approximate surface area is 110 Å². The third-order valence-corrected chi connectivity index (χ3v) is 5.23. The summed E-state index contributed by atoms with van der Waals surface area (Å²) in [5, 5.41) is 3.56. The number of hydrogen-bond acceptors (Lipinski definition) is 1. The molecule has 1 heteroatoms. The molecule has 1 N–H and O–H groups in total. The lowest BCUT2D eigenvalue weighted by molar-refractivity contribution is 0.143. The van der Waals surface area contributed by atoms with Crippen molar-refractivity contribution in [2.24, 2.45) is 35.5 Å². The molecule has 5 atom stereocenters. The van der Waals surface area contributed by atoms with E-state index in [1.54, 1.807) is 0 Å². The van der Waals surface area contributed by atoms with Gasteiger partial charge in [0.15, 0.2) is 0 Å². The van der Waals surface area contributed by atoms with Gasteiger partial charge in [-0.15, -0.1) is 0 Å². The maximum absolute atomic E-state index is 3.56. The third kappa shape index (κ3) is 4.62. The highest BCUT2D eigenvalue weighted by molar-refractivity contribution is 4.84. The minimum absolute atomic E-state index is 0.631. The Morgan fingerprint density at radius 3 is 1.24 bits per heavy atom. The highest BCUT2D eigenvalue weighted by atomic mass is 14.9. The normalized spacial score (nSPS) is 21.4. The van der Waals surface area contributed by atoms with Crippen molar-refractivity contribution in [1.29, 1.82) is 0 Å². The number of nitrogens with one attached hydrogen (secondary N) is 1. The first-order chi connectivity index (χ1) is 7.73. The van der Waals surface area contributed by atoms with Crippen LogP contribution in [0, 0.1) is 35.5 Å². The molecule has 5 unspecified atom stereocenters. The molecule has 0 spiro atoms. The van der Waals surface area contributed by atoms with Crippen molar-refractivity contribution < 1.29 is 0 Å². The molecule has 0 aliphatic heterocycles. The van der Waals surface area contributed by atoms with Crippen molar-refractivity contribution >= 4 is 0 Å². The van der Waals surface area contributed by atoms with E-state index in [9.17, 15) is 0 Å². The lowest BCUT2D eigenvalue weighted by Gasteiger charge is -2.38. The number of rotatable bonds is 7. The Hall–Kier alpha value is -0.0400. The summed E-state index contributed by atoms with van der Waals surface area (Å²) in [5.74, 6) is 4.55. The minimum Gasteiger partial charge on any atom is -0.316 e. The smallest absolute Gasteiger partial charge is 0.0120 e. The number of hydrogen-bond donors (Lipinski definition) is 1. The van der Waals surface area contributed by atoms with Gasteiger partial charge in [0.05, 0.1) is 0 Å². The van der Waals surface area contributed by atoms with Crippen molar-refractivity contribution in [3.05, 3.63) is 0 Å². The molecule has 0 fully saturated rings. The van der Waals surface area contributed by atoms with E-state index in [4.69, 9.17) is 0 Å². The van der Waals surface area contributed by atoms with Crippen LogP contribution in [0.1, 0.15) is 55.4 Å². The quantitative estimate of drug-likeness (QED) is 0.695. The van der Waals surface area contributed by atoms with Gasteiger partial charge in [0, 0.05) is 6.04 Å². The first-order valence-corrected chi connectivity index (χ1v) is 7.41. The van der Waals surface area contributed by atoms with Crippen LogP contribution in [0.25, 0.3) is 0 Å². The molecule has 0 rings (SSSR count). The van der Waals surface area contributed by atoms with Gasteiger partial charge in [-0.3, -0.25) is 0 Å². The summed E-state index contributed by atoms with van der Waals surface area (Å²) in [4.78, 5) is 0. The standard InChI is InChI=1S/C16H35N/c1-10(2)12(5)14(7)15(8)16(17-9)13(6)11(3)4/h10-17H,1-9H3. The molecule has 0 aromatic carbocycles. The average molecular weight is 241 g/mol. The van der Waals surface area contributed by atoms with Crippen molar-refractivity contribution in [2.45, 2.75) is 61.4 Å². The van der Waals surface area contributed by atoms with Crippen molar-refractivity contribution in [1.82, 2.24) is 5.32 Å². The molecule has 0 amide bonds. The molecule has 1 nitrogen and oxygen atoms in total. The van der Waals surface area contributed by atoms with Crippen LogP contribution < -0.4 is 5.32 Å². The van der Waals surface area contributed by atoms with Gasteiger partial charge >= 0.3 is 0 Å². The predicted octanol–water partition coefficient (Wildman–Crippen LogP) is 4.43. The van der Waals surface area contributed by atoms with E-state index in [1.165, 1.54) is 0 Å². The van der Waals surface area contributed by atoms with Crippen LogP contribution in [0.3, 0.4) is 0 Å². The van der Waals surface area contributed by atoms with Gasteiger partial charge in [-0.1, -0.05) is 55.4 Å². The largest absolute Gasteiger partial charge is 0.316 e. The van der Waals surface area contributed by atoms with Crippen LogP contribution in [0.5, 0.6) is 0 Å². The van der Waals surface area contributed by atoms with Gasteiger partial charge in [-0.2, -0.15) is 0 Å². The molecule has 0 bridgehead atoms. The lowest BCUT2D eigenvalue weighted by Crippen LogP contribution is -2.44. The van der Waals surface area contributed by atoms with Gasteiger partial charge in [-0.25, -0.2) is 0 Å². The fraction of sp³-hybridized carbons (Fsp3) is 1.00. The second-order valence-electron chi connectivity index (χ2n) is 6.74. The van der Waals surface area contributed by atoms with Gasteiger partial charge in [0.1, 0.15) is 0 Å². The minimum atomic E-state index is 0.631. The Morgan fingerprint density at radius 1 is 0.529 bits per heavy atom. The maximum Gasteiger partial charge on any atom is 0.0120 e. The molecule has 0 aliphatic rings. The van der Waals surface area contributed by atoms with Crippen LogP contribution in [0.15, 0.2) is 0 Å². The summed E-state index contributed by atoms with van der Waals surface area (Å²) in [6.45, 7) is 19.0. The summed E-state index contributed by atoms with van der Waals surface area (Å²) in [6, 6.07) is 0.631. The molecule has 104 valence electrons. The Bertz CT molecular complexity index is 198. The molecule has 0 heterocycles. The van der Waals surface area contributed by atoms with Crippen LogP contribution >= 0.6 is 0 Å². The highest BCUT2D eigenvalue weighted by Crippen LogP contribution is 2.32. The summed E-state index contributed by atoms with van der Waals surface area (Å²) >= 11 is 0. The average Bonchev–Trinajstić information content (AvgIpc) is 2.27. The van der Waals surface area contributed by atoms with Crippen molar-refractivity contribution in [3.8, 4) is 0 Å². The maximum atomic E-state index is 3.56. The van der Waals surface area contributed by atoms with Crippen LogP contribution in [0.4, 0.5) is 0 Å². The van der Waals surface area contributed by atoms with Crippen LogP contribution in [-0.2, 0) is 0 Å². The van der Waals surface area contributed by atoms with E-state index in [0.29, 0.717) is 6.04 Å². The molecule has 0 aliphatic carbocycles. The van der Waals surface area contributed by atoms with E-state index in [2.05, 4.69) is 67.8 Å². The second kappa shape index (κ2) is 7.41. The lowest BCUT2D eigenvalue weighted by atomic mass is 9.72. The van der Waals surface area contributed by atoms with Gasteiger partial charge in [-0.05, 0) is 42.6 Å². The monoisotopic (exact) mass is 241 g/mol. The van der Waals surface area contributed by atoms with Crippen LogP contribution in [-0.4, -0.2) is 13.1 Å². The third-order valence-electron chi connectivity index (χ3n) is 5.23. The first kappa shape index (κ1) is 17.0. The topological polar surface area (TPSA) is 12.0 Å². The van der Waals surface area contributed by atoms with Gasteiger partial charge < -0.3 is 5.32 Å². The molecule has 0 saturated heterocycles. The Balaban J connectivity index is 4.68. The summed E-state index contributed by atoms with van der Waals surface area (Å²) in [6.07, 6.45) is 0. The summed E-state index contributed by atoms with van der Waals surface area (Å²) in [7, 11) is 2.12. The Morgan fingerprint density at radius 2 is 0.941 bits per heavy atom. The SMILES string of the molecule is CNC(C(C)C(C)C)C(C)C(C)C(C)C(C)C. The molecule has 0 radical (unpaired) electrons. The second-order valence-corrected chi connectivity index (χ2v) is 6.74. The van der Waals surface area contributed by atoms with E-state index < -0.39 is 0 Å². The van der Waals surface area contributed by atoms with Gasteiger partial charge in [0.2, 0.25) is 0 Å². The van der Waals surface area contributed by atoms with E-state index in [-0.39, 0.29) is 0 Å². The van der Waals surface area contributed by atoms with Crippen molar-refractivity contribution in [2.75, 3.05) is 7.05 Å². The molecule has 17 heavy (non-hydrogen) atoms. The molecule has 0 aromatic heterocycles. The fourth-order valence-electron chi connectivity index (χ4n) is 2.83. The summed E-state index contributed by atoms with van der Waals surface area (Å²) < 4.78 is 0. The van der Waals surface area contributed by atoms with Crippen LogP contribution in [0.2, 0.25) is 0 Å². The summed E-state index contributed by atoms with van der Waals surface area (Å²) in [5.41, 5.74) is 0. The van der Waals surface area contributed by atoms with E-state index >= 15 is 0 Å². The van der Waals surface area contributed by atoms with E-state index in [1.807, 2.05) is 0 Å². The fourth-order valence-corrected chi connectivity index (χ4v) is 2.83. The predicted molar refractivity (Wildman–Crippen MR) is 79.2 cm³/mol. The van der Waals surface area contributed by atoms with E-state index in [0.717, 1.165) is 35.5 Å². The zero-order chi connectivity index (χ0) is 13.7. The molecule has 0 aromatic rings. The molecular weight excluding hydrogens is 206 g/mol. The highest BCUT2D eigenvalue weighted by Gasteiger charge is 2.31.